The van der Waals surface area contributed by atoms with Crippen LogP contribution in [-0.2, 0) is 10.0 Å². The van der Waals surface area contributed by atoms with Crippen LogP contribution in [0.1, 0.15) is 6.42 Å². The zero-order chi connectivity index (χ0) is 17.3. The molecule has 2 heterocycles. The Balaban J connectivity index is 0.00000225. The monoisotopic (exact) mass is 429 g/mol. The van der Waals surface area contributed by atoms with Crippen LogP contribution < -0.4 is 10.1 Å². The van der Waals surface area contributed by atoms with E-state index in [0.717, 1.165) is 32.6 Å². The van der Waals surface area contributed by atoms with Gasteiger partial charge < -0.3 is 10.1 Å². The van der Waals surface area contributed by atoms with E-state index in [4.69, 9.17) is 27.9 Å². The van der Waals surface area contributed by atoms with E-state index in [-0.39, 0.29) is 33.4 Å². The summed E-state index contributed by atoms with van der Waals surface area (Å²) in [5, 5.41) is 3.67. The van der Waals surface area contributed by atoms with Gasteiger partial charge in [-0.25, -0.2) is 8.42 Å². The second-order valence-corrected chi connectivity index (χ2v) is 8.73. The lowest BCUT2D eigenvalue weighted by Gasteiger charge is -2.32. The molecule has 2 saturated heterocycles. The molecule has 3 rings (SSSR count). The quantitative estimate of drug-likeness (QED) is 0.792. The van der Waals surface area contributed by atoms with Gasteiger partial charge in [0.1, 0.15) is 10.6 Å². The normalized spacial score (nSPS) is 22.6. The van der Waals surface area contributed by atoms with Crippen molar-refractivity contribution in [1.29, 1.82) is 0 Å². The van der Waals surface area contributed by atoms with Gasteiger partial charge in [-0.2, -0.15) is 4.31 Å². The van der Waals surface area contributed by atoms with Crippen LogP contribution in [0.15, 0.2) is 17.0 Å². The first-order valence-electron chi connectivity index (χ1n) is 7.91. The molecule has 0 amide bonds. The van der Waals surface area contributed by atoms with Crippen LogP contribution >= 0.6 is 35.6 Å². The number of ether oxygens (including phenoxy) is 1. The van der Waals surface area contributed by atoms with Crippen molar-refractivity contribution in [1.82, 2.24) is 14.5 Å². The molecule has 1 N–H and O–H groups in total. The number of hydrogen-bond donors (Lipinski definition) is 1. The van der Waals surface area contributed by atoms with E-state index >= 15 is 0 Å². The number of benzene rings is 1. The number of methoxy groups -OCH3 is 1. The molecule has 0 bridgehead atoms. The smallest absolute Gasteiger partial charge is 0.244 e. The molecule has 6 nitrogen and oxygen atoms in total. The maximum Gasteiger partial charge on any atom is 0.244 e. The SMILES string of the molecule is COc1cc(Cl)c(S(=O)(=O)N2CCC(N3CCNCC3)C2)cc1Cl.Cl. The molecule has 2 fully saturated rings. The van der Waals surface area contributed by atoms with Crippen LogP contribution in [0.4, 0.5) is 0 Å². The predicted molar refractivity (Wildman–Crippen MR) is 102 cm³/mol. The lowest BCUT2D eigenvalue weighted by molar-refractivity contribution is 0.179. The second kappa shape index (κ2) is 8.61. The molecule has 142 valence electrons. The largest absolute Gasteiger partial charge is 0.495 e. The van der Waals surface area contributed by atoms with Crippen molar-refractivity contribution in [2.75, 3.05) is 46.4 Å². The number of nitrogens with zero attached hydrogens (tertiary/aromatic N) is 2. The molecular weight excluding hydrogens is 409 g/mol. The van der Waals surface area contributed by atoms with Crippen molar-refractivity contribution in [3.05, 3.63) is 22.2 Å². The van der Waals surface area contributed by atoms with Crippen molar-refractivity contribution < 1.29 is 13.2 Å². The summed E-state index contributed by atoms with van der Waals surface area (Å²) in [6.07, 6.45) is 0.834. The van der Waals surface area contributed by atoms with Crippen LogP contribution in [0, 0.1) is 0 Å². The van der Waals surface area contributed by atoms with Crippen LogP contribution in [0.25, 0.3) is 0 Å². The van der Waals surface area contributed by atoms with Crippen LogP contribution in [0.2, 0.25) is 10.0 Å². The van der Waals surface area contributed by atoms with Gasteiger partial charge in [0.2, 0.25) is 10.0 Å². The molecular formula is C15H22Cl3N3O3S. The van der Waals surface area contributed by atoms with Crippen LogP contribution in [-0.4, -0.2) is 70.0 Å². The zero-order valence-corrected chi connectivity index (χ0v) is 17.0. The van der Waals surface area contributed by atoms with Crippen molar-refractivity contribution in [2.45, 2.75) is 17.4 Å². The zero-order valence-electron chi connectivity index (χ0n) is 13.9. The summed E-state index contributed by atoms with van der Waals surface area (Å²) in [6.45, 7) is 4.78. The van der Waals surface area contributed by atoms with Gasteiger partial charge in [-0.3, -0.25) is 4.90 Å². The third-order valence-corrected chi connectivity index (χ3v) is 7.24. The molecule has 2 aliphatic heterocycles. The molecule has 10 heteroatoms. The first-order chi connectivity index (χ1) is 11.4. The van der Waals surface area contributed by atoms with Gasteiger partial charge >= 0.3 is 0 Å². The number of rotatable bonds is 4. The van der Waals surface area contributed by atoms with E-state index in [9.17, 15) is 8.42 Å². The highest BCUT2D eigenvalue weighted by atomic mass is 35.5. The molecule has 1 aromatic rings. The lowest BCUT2D eigenvalue weighted by atomic mass is 10.2. The minimum absolute atomic E-state index is 0. The van der Waals surface area contributed by atoms with E-state index in [2.05, 4.69) is 10.2 Å². The van der Waals surface area contributed by atoms with Gasteiger partial charge in [0, 0.05) is 51.4 Å². The summed E-state index contributed by atoms with van der Waals surface area (Å²) in [5.41, 5.74) is 0. The number of nitrogens with one attached hydrogen (secondary N) is 1. The summed E-state index contributed by atoms with van der Waals surface area (Å²) in [4.78, 5) is 2.39. The van der Waals surface area contributed by atoms with E-state index in [1.807, 2.05) is 0 Å². The highest BCUT2D eigenvalue weighted by Gasteiger charge is 2.36. The van der Waals surface area contributed by atoms with Crippen molar-refractivity contribution in [2.24, 2.45) is 0 Å². The maximum atomic E-state index is 12.9. The average Bonchev–Trinajstić information content (AvgIpc) is 3.08. The van der Waals surface area contributed by atoms with Gasteiger partial charge in [-0.1, -0.05) is 23.2 Å². The third kappa shape index (κ3) is 4.35. The highest BCUT2D eigenvalue weighted by molar-refractivity contribution is 7.89. The van der Waals surface area contributed by atoms with E-state index < -0.39 is 10.0 Å². The predicted octanol–water partition coefficient (Wildman–Crippen LogP) is 2.09. The Kier molecular flexibility index (Phi) is 7.24. The Morgan fingerprint density at radius 3 is 2.48 bits per heavy atom. The number of sulfonamides is 1. The maximum absolute atomic E-state index is 12.9. The standard InChI is InChI=1S/C15H21Cl2N3O3S.ClH/c1-23-14-8-13(17)15(9-12(14)16)24(21,22)20-5-2-11(10-20)19-6-3-18-4-7-19;/h8-9,11,18H,2-7,10H2,1H3;1H. The fraction of sp³-hybridized carbons (Fsp3) is 0.600. The minimum atomic E-state index is -3.67. The third-order valence-electron chi connectivity index (χ3n) is 4.62. The van der Waals surface area contributed by atoms with E-state index in [1.165, 1.54) is 23.5 Å². The molecule has 0 saturated carbocycles. The van der Waals surface area contributed by atoms with Gasteiger partial charge in [0.25, 0.3) is 0 Å². The van der Waals surface area contributed by atoms with Crippen molar-refractivity contribution in [3.63, 3.8) is 0 Å². The molecule has 0 aliphatic carbocycles. The summed E-state index contributed by atoms with van der Waals surface area (Å²) < 4.78 is 32.5. The summed E-state index contributed by atoms with van der Waals surface area (Å²) >= 11 is 12.2. The number of halogens is 3. The van der Waals surface area contributed by atoms with Crippen molar-refractivity contribution >= 4 is 45.6 Å². The summed E-state index contributed by atoms with van der Waals surface area (Å²) in [5.74, 6) is 0.362. The minimum Gasteiger partial charge on any atom is -0.495 e. The Morgan fingerprint density at radius 2 is 1.84 bits per heavy atom. The lowest BCUT2D eigenvalue weighted by Crippen LogP contribution is -2.49. The average molecular weight is 431 g/mol. The van der Waals surface area contributed by atoms with E-state index in [0.29, 0.717) is 18.8 Å². The second-order valence-electron chi connectivity index (χ2n) is 6.01. The molecule has 0 aromatic heterocycles. The Hall–Kier alpha value is -0.280. The molecule has 2 aliphatic rings. The molecule has 1 aromatic carbocycles. The van der Waals surface area contributed by atoms with E-state index in [1.54, 1.807) is 0 Å². The fourth-order valence-corrected chi connectivity index (χ4v) is 5.59. The van der Waals surface area contributed by atoms with Gasteiger partial charge in [-0.05, 0) is 12.5 Å². The summed E-state index contributed by atoms with van der Waals surface area (Å²) in [6, 6.07) is 3.07. The first kappa shape index (κ1) is 21.0. The molecule has 25 heavy (non-hydrogen) atoms. The molecule has 1 atom stereocenters. The van der Waals surface area contributed by atoms with Gasteiger partial charge in [-0.15, -0.1) is 12.4 Å². The molecule has 0 spiro atoms. The fourth-order valence-electron chi connectivity index (χ4n) is 3.28. The Morgan fingerprint density at radius 1 is 1.16 bits per heavy atom. The highest BCUT2D eigenvalue weighted by Crippen LogP contribution is 2.35. The first-order valence-corrected chi connectivity index (χ1v) is 10.1. The number of piperazine rings is 1. The van der Waals surface area contributed by atoms with Crippen LogP contribution in [0.5, 0.6) is 5.75 Å². The van der Waals surface area contributed by atoms with Crippen molar-refractivity contribution in [3.8, 4) is 5.75 Å². The van der Waals surface area contributed by atoms with Gasteiger partial charge in [0.15, 0.2) is 0 Å². The Bertz CT molecular complexity index is 711. The number of hydrogen-bond acceptors (Lipinski definition) is 5. The van der Waals surface area contributed by atoms with Gasteiger partial charge in [0.05, 0.1) is 17.2 Å². The topological polar surface area (TPSA) is 61.9 Å². The molecule has 1 unspecified atom stereocenters. The Labute approximate surface area is 164 Å². The molecule has 0 radical (unpaired) electrons. The van der Waals surface area contributed by atoms with Crippen LogP contribution in [0.3, 0.4) is 0 Å². The summed E-state index contributed by atoms with van der Waals surface area (Å²) in [7, 11) is -2.21.